The van der Waals surface area contributed by atoms with E-state index >= 15 is 0 Å². The third kappa shape index (κ3) is 3.96. The molecule has 0 aliphatic rings. The van der Waals surface area contributed by atoms with Crippen LogP contribution in [0.3, 0.4) is 0 Å². The first-order chi connectivity index (χ1) is 2.56. The SMILES string of the molecule is [CH2][Si](C)(C)C=C. The van der Waals surface area contributed by atoms with Gasteiger partial charge in [-0.3, -0.25) is 0 Å². The minimum absolute atomic E-state index is 1.12. The van der Waals surface area contributed by atoms with Gasteiger partial charge in [0.05, 0.1) is 8.07 Å². The smallest absolute Gasteiger partial charge is 0.0707 e. The van der Waals surface area contributed by atoms with Gasteiger partial charge in [-0.1, -0.05) is 19.6 Å². The molecule has 0 atom stereocenters. The first-order valence-electron chi connectivity index (χ1n) is 2.05. The molecule has 0 saturated carbocycles. The molecule has 1 radical (unpaired) electrons. The fourth-order valence-electron chi connectivity index (χ4n) is 0. The van der Waals surface area contributed by atoms with Crippen LogP contribution in [0.1, 0.15) is 0 Å². The molecule has 0 amide bonds. The lowest BCUT2D eigenvalue weighted by Gasteiger charge is -2.04. The van der Waals surface area contributed by atoms with Crippen LogP contribution in [-0.4, -0.2) is 8.07 Å². The summed E-state index contributed by atoms with van der Waals surface area (Å²) in [7, 11) is -1.12. The highest BCUT2D eigenvalue weighted by Crippen LogP contribution is 1.96. The van der Waals surface area contributed by atoms with Gasteiger partial charge in [0.2, 0.25) is 0 Å². The van der Waals surface area contributed by atoms with Crippen molar-refractivity contribution in [2.24, 2.45) is 0 Å². The average Bonchev–Trinajstić information content (AvgIpc) is 1.35. The van der Waals surface area contributed by atoms with E-state index in [4.69, 9.17) is 0 Å². The molecule has 0 N–H and O–H groups in total. The second kappa shape index (κ2) is 1.60. The first kappa shape index (κ1) is 5.96. The lowest BCUT2D eigenvalue weighted by molar-refractivity contribution is 1.87. The Morgan fingerprint density at radius 2 is 1.67 bits per heavy atom. The second-order valence-corrected chi connectivity index (χ2v) is 6.58. The molecule has 0 heterocycles. The lowest BCUT2D eigenvalue weighted by Crippen LogP contribution is -2.15. The average molecular weight is 99.2 g/mol. The van der Waals surface area contributed by atoms with Gasteiger partial charge in [-0.2, -0.15) is 0 Å². The van der Waals surface area contributed by atoms with Gasteiger partial charge in [-0.05, 0) is 0 Å². The van der Waals surface area contributed by atoms with Gasteiger partial charge >= 0.3 is 0 Å². The van der Waals surface area contributed by atoms with Gasteiger partial charge < -0.3 is 0 Å². The molecule has 0 spiro atoms. The normalized spacial score (nSPS) is 11.2. The van der Waals surface area contributed by atoms with Crippen molar-refractivity contribution >= 4 is 8.07 Å². The van der Waals surface area contributed by atoms with Gasteiger partial charge in [0, 0.05) is 0 Å². The van der Waals surface area contributed by atoms with Crippen LogP contribution in [0.5, 0.6) is 0 Å². The summed E-state index contributed by atoms with van der Waals surface area (Å²) in [5.41, 5.74) is 1.97. The summed E-state index contributed by atoms with van der Waals surface area (Å²) in [5, 5.41) is 0. The molecular weight excluding hydrogens is 88.1 g/mol. The summed E-state index contributed by atoms with van der Waals surface area (Å²) in [6.45, 7) is 11.8. The highest BCUT2D eigenvalue weighted by molar-refractivity contribution is 6.83. The quantitative estimate of drug-likeness (QED) is 0.440. The van der Waals surface area contributed by atoms with Gasteiger partial charge in [0.25, 0.3) is 0 Å². The molecule has 0 aliphatic heterocycles. The topological polar surface area (TPSA) is 0 Å². The van der Waals surface area contributed by atoms with Crippen LogP contribution in [0, 0.1) is 6.55 Å². The predicted molar refractivity (Wildman–Crippen MR) is 33.0 cm³/mol. The Morgan fingerprint density at radius 3 is 1.67 bits per heavy atom. The van der Waals surface area contributed by atoms with Crippen molar-refractivity contribution in [3.8, 4) is 0 Å². The molecule has 0 nitrogen and oxygen atoms in total. The van der Waals surface area contributed by atoms with E-state index in [9.17, 15) is 0 Å². The Labute approximate surface area is 40.9 Å². The fourth-order valence-corrected chi connectivity index (χ4v) is 0. The zero-order valence-corrected chi connectivity index (χ0v) is 5.49. The van der Waals surface area contributed by atoms with Crippen LogP contribution >= 0.6 is 0 Å². The van der Waals surface area contributed by atoms with Crippen molar-refractivity contribution in [1.82, 2.24) is 0 Å². The Morgan fingerprint density at radius 1 is 1.50 bits per heavy atom. The van der Waals surface area contributed by atoms with Crippen molar-refractivity contribution in [2.45, 2.75) is 13.1 Å². The molecular formula is C5H11Si. The Bertz CT molecular complexity index is 49.4. The minimum atomic E-state index is -1.12. The van der Waals surface area contributed by atoms with Gasteiger partial charge in [-0.25, -0.2) is 0 Å². The molecule has 1 heteroatoms. The Hall–Kier alpha value is -0.0431. The maximum atomic E-state index is 3.91. The van der Waals surface area contributed by atoms with Gasteiger partial charge in [0.15, 0.2) is 0 Å². The van der Waals surface area contributed by atoms with E-state index in [1.807, 2.05) is 5.70 Å². The minimum Gasteiger partial charge on any atom is -0.107 e. The molecule has 0 aromatic rings. The summed E-state index contributed by atoms with van der Waals surface area (Å²) in [5.74, 6) is 0. The Kier molecular flexibility index (Phi) is 1.59. The molecule has 6 heavy (non-hydrogen) atoms. The summed E-state index contributed by atoms with van der Waals surface area (Å²) >= 11 is 0. The molecule has 0 aromatic carbocycles. The molecule has 0 bridgehead atoms. The Balaban J connectivity index is 3.45. The zero-order valence-electron chi connectivity index (χ0n) is 4.49. The maximum Gasteiger partial charge on any atom is 0.0707 e. The zero-order chi connectivity index (χ0) is 5.21. The van der Waals surface area contributed by atoms with E-state index in [1.165, 1.54) is 0 Å². The third-order valence-electron chi connectivity index (χ3n) is 0.553. The lowest BCUT2D eigenvalue weighted by atomic mass is 11.3. The fraction of sp³-hybridized carbons (Fsp3) is 0.400. The van der Waals surface area contributed by atoms with Crippen LogP contribution in [0.15, 0.2) is 12.3 Å². The summed E-state index contributed by atoms with van der Waals surface area (Å²) < 4.78 is 0. The van der Waals surface area contributed by atoms with E-state index in [-0.39, 0.29) is 0 Å². The molecule has 0 unspecified atom stereocenters. The largest absolute Gasteiger partial charge is 0.107 e. The van der Waals surface area contributed by atoms with E-state index in [2.05, 4.69) is 26.2 Å². The molecule has 0 saturated heterocycles. The van der Waals surface area contributed by atoms with Crippen molar-refractivity contribution in [2.75, 3.05) is 0 Å². The van der Waals surface area contributed by atoms with Crippen LogP contribution in [-0.2, 0) is 0 Å². The molecule has 35 valence electrons. The number of hydrogen-bond acceptors (Lipinski definition) is 0. The highest BCUT2D eigenvalue weighted by Gasteiger charge is 2.03. The molecule has 0 aliphatic carbocycles. The van der Waals surface area contributed by atoms with Crippen molar-refractivity contribution in [1.29, 1.82) is 0 Å². The molecule has 0 fully saturated rings. The van der Waals surface area contributed by atoms with E-state index < -0.39 is 8.07 Å². The summed E-state index contributed by atoms with van der Waals surface area (Å²) in [6.07, 6.45) is 0. The number of hydrogen-bond donors (Lipinski definition) is 0. The predicted octanol–water partition coefficient (Wildman–Crippen LogP) is 1.79. The standard InChI is InChI=1S/C5H11Si/c1-5-6(2,3)4/h5H,1-2H2,3-4H3. The van der Waals surface area contributed by atoms with E-state index in [0.29, 0.717) is 0 Å². The van der Waals surface area contributed by atoms with Crippen molar-refractivity contribution in [3.63, 3.8) is 0 Å². The van der Waals surface area contributed by atoms with Crippen molar-refractivity contribution in [3.05, 3.63) is 18.8 Å². The number of rotatable bonds is 1. The van der Waals surface area contributed by atoms with Crippen LogP contribution in [0.2, 0.25) is 13.1 Å². The first-order valence-corrected chi connectivity index (χ1v) is 5.33. The summed E-state index contributed by atoms with van der Waals surface area (Å²) in [6, 6.07) is 0. The summed E-state index contributed by atoms with van der Waals surface area (Å²) in [4.78, 5) is 0. The molecule has 0 aromatic heterocycles. The second-order valence-electron chi connectivity index (χ2n) is 2.19. The monoisotopic (exact) mass is 99.1 g/mol. The van der Waals surface area contributed by atoms with Gasteiger partial charge in [-0.15, -0.1) is 12.3 Å². The maximum absolute atomic E-state index is 3.91. The van der Waals surface area contributed by atoms with Crippen molar-refractivity contribution < 1.29 is 0 Å². The highest BCUT2D eigenvalue weighted by atomic mass is 28.3. The van der Waals surface area contributed by atoms with Gasteiger partial charge in [0.1, 0.15) is 0 Å². The molecule has 0 rings (SSSR count). The van der Waals surface area contributed by atoms with Crippen LogP contribution in [0.25, 0.3) is 0 Å². The van der Waals surface area contributed by atoms with E-state index in [1.54, 1.807) is 0 Å². The van der Waals surface area contributed by atoms with E-state index in [0.717, 1.165) is 0 Å². The van der Waals surface area contributed by atoms with Crippen LogP contribution in [0.4, 0.5) is 0 Å². The van der Waals surface area contributed by atoms with Crippen LogP contribution < -0.4 is 0 Å². The third-order valence-corrected chi connectivity index (χ3v) is 1.66.